The van der Waals surface area contributed by atoms with Crippen molar-refractivity contribution >= 4 is 17.9 Å². The molecule has 0 aliphatic heterocycles. The van der Waals surface area contributed by atoms with Gasteiger partial charge in [0.25, 0.3) is 0 Å². The van der Waals surface area contributed by atoms with Gasteiger partial charge in [-0.05, 0) is 89.9 Å². The van der Waals surface area contributed by atoms with E-state index in [4.69, 9.17) is 14.2 Å². The molecule has 6 nitrogen and oxygen atoms in total. The molecule has 0 aromatic heterocycles. The van der Waals surface area contributed by atoms with Crippen molar-refractivity contribution < 1.29 is 28.6 Å². The summed E-state index contributed by atoms with van der Waals surface area (Å²) in [5, 5.41) is 0. The lowest BCUT2D eigenvalue weighted by Crippen LogP contribution is -2.30. The predicted octanol–water partition coefficient (Wildman–Crippen LogP) is 18.4. The molecule has 1 unspecified atom stereocenters. The van der Waals surface area contributed by atoms with E-state index in [2.05, 4.69) is 87.6 Å². The highest BCUT2D eigenvalue weighted by atomic mass is 16.6. The Bertz CT molecular complexity index is 1290. The summed E-state index contributed by atoms with van der Waals surface area (Å²) in [6.45, 7) is 6.45. The topological polar surface area (TPSA) is 78.9 Å². The molecule has 0 aromatic carbocycles. The zero-order valence-electron chi connectivity index (χ0n) is 43.2. The number of rotatable bonds is 49. The van der Waals surface area contributed by atoms with Crippen molar-refractivity contribution in [3.8, 4) is 0 Å². The van der Waals surface area contributed by atoms with Crippen LogP contribution in [0.3, 0.4) is 0 Å². The molecule has 0 rings (SSSR count). The average molecular weight is 919 g/mol. The van der Waals surface area contributed by atoms with Gasteiger partial charge < -0.3 is 14.2 Å². The Morgan fingerprint density at radius 2 is 0.606 bits per heavy atom. The summed E-state index contributed by atoms with van der Waals surface area (Å²) in [5.41, 5.74) is 0. The van der Waals surface area contributed by atoms with Crippen LogP contribution in [0.4, 0.5) is 0 Å². The van der Waals surface area contributed by atoms with Gasteiger partial charge in [-0.25, -0.2) is 0 Å². The molecule has 0 spiro atoms. The summed E-state index contributed by atoms with van der Waals surface area (Å²) in [6, 6.07) is 0. The second kappa shape index (κ2) is 54.2. The Labute approximate surface area is 407 Å². The third-order valence-corrected chi connectivity index (χ3v) is 11.7. The first-order valence-corrected chi connectivity index (χ1v) is 27.7. The lowest BCUT2D eigenvalue weighted by molar-refractivity contribution is -0.167. The molecule has 0 fully saturated rings. The number of carbonyl (C=O) groups is 3. The average Bonchev–Trinajstić information content (AvgIpc) is 3.31. The second-order valence-electron chi connectivity index (χ2n) is 18.2. The first kappa shape index (κ1) is 62.6. The minimum Gasteiger partial charge on any atom is -0.462 e. The Hall–Kier alpha value is -3.41. The fraction of sp³-hybridized carbons (Fsp3) is 0.717. The minimum absolute atomic E-state index is 0.0939. The Morgan fingerprint density at radius 1 is 0.318 bits per heavy atom. The normalized spacial score (nSPS) is 12.7. The molecule has 0 saturated carbocycles. The highest BCUT2D eigenvalue weighted by Gasteiger charge is 2.19. The summed E-state index contributed by atoms with van der Waals surface area (Å²) >= 11 is 0. The molecular formula is C60H102O6. The fourth-order valence-corrected chi connectivity index (χ4v) is 7.56. The number of hydrogen-bond acceptors (Lipinski definition) is 6. The van der Waals surface area contributed by atoms with Gasteiger partial charge in [0.2, 0.25) is 0 Å². The maximum absolute atomic E-state index is 12.8. The Balaban J connectivity index is 4.45. The molecule has 0 aromatic rings. The van der Waals surface area contributed by atoms with E-state index in [1.165, 1.54) is 116 Å². The number of esters is 3. The van der Waals surface area contributed by atoms with Gasteiger partial charge in [-0.3, -0.25) is 14.4 Å². The van der Waals surface area contributed by atoms with Crippen LogP contribution in [0.5, 0.6) is 0 Å². The van der Waals surface area contributed by atoms with Crippen LogP contribution in [0, 0.1) is 0 Å². The van der Waals surface area contributed by atoms with E-state index in [0.717, 1.165) is 103 Å². The van der Waals surface area contributed by atoms with Crippen molar-refractivity contribution in [2.24, 2.45) is 0 Å². The van der Waals surface area contributed by atoms with Crippen LogP contribution in [-0.2, 0) is 28.6 Å². The van der Waals surface area contributed by atoms with Gasteiger partial charge in [-0.15, -0.1) is 0 Å². The maximum Gasteiger partial charge on any atom is 0.306 e. The standard InChI is InChI=1S/C60H102O6/c1-4-7-10-13-16-19-22-25-28-29-30-33-35-38-41-44-47-50-53-59(62)65-56-57(66-60(63)54-51-48-45-42-39-36-32-27-24-21-18-15-12-9-6-3)55-64-58(61)52-49-46-43-40-37-34-31-26-23-20-17-14-11-8-5-2/h9,12,15,18,20-21,23-24,27-30,32-33,57H,4-8,10-11,13-14,16-17,19,22,25-26,31,34-56H2,1-3H3/b12-9-,18-15-,23-20-,24-21-,29-28-,32-27-,33-30-. The first-order chi connectivity index (χ1) is 32.5. The monoisotopic (exact) mass is 919 g/mol. The second-order valence-corrected chi connectivity index (χ2v) is 18.2. The van der Waals surface area contributed by atoms with Crippen molar-refractivity contribution in [1.82, 2.24) is 0 Å². The van der Waals surface area contributed by atoms with Crippen molar-refractivity contribution in [1.29, 1.82) is 0 Å². The fourth-order valence-electron chi connectivity index (χ4n) is 7.56. The summed E-state index contributed by atoms with van der Waals surface area (Å²) in [5.74, 6) is -0.934. The third-order valence-electron chi connectivity index (χ3n) is 11.7. The van der Waals surface area contributed by atoms with E-state index in [1.807, 2.05) is 18.2 Å². The molecule has 0 heterocycles. The van der Waals surface area contributed by atoms with Crippen molar-refractivity contribution in [3.05, 3.63) is 85.1 Å². The van der Waals surface area contributed by atoms with E-state index in [0.29, 0.717) is 19.3 Å². The maximum atomic E-state index is 12.8. The van der Waals surface area contributed by atoms with Gasteiger partial charge in [0.15, 0.2) is 6.10 Å². The molecule has 0 aliphatic rings. The van der Waals surface area contributed by atoms with Gasteiger partial charge in [-0.2, -0.15) is 0 Å². The van der Waals surface area contributed by atoms with E-state index in [9.17, 15) is 14.4 Å². The highest BCUT2D eigenvalue weighted by Crippen LogP contribution is 2.14. The van der Waals surface area contributed by atoms with E-state index in [1.54, 1.807) is 0 Å². The van der Waals surface area contributed by atoms with Gasteiger partial charge in [0, 0.05) is 19.3 Å². The molecule has 378 valence electrons. The van der Waals surface area contributed by atoms with Gasteiger partial charge in [0.05, 0.1) is 0 Å². The first-order valence-electron chi connectivity index (χ1n) is 27.7. The number of ether oxygens (including phenoxy) is 3. The van der Waals surface area contributed by atoms with Crippen LogP contribution in [-0.4, -0.2) is 37.2 Å². The van der Waals surface area contributed by atoms with Crippen LogP contribution in [0.25, 0.3) is 0 Å². The van der Waals surface area contributed by atoms with Crippen molar-refractivity contribution in [3.63, 3.8) is 0 Å². The molecule has 0 radical (unpaired) electrons. The molecule has 0 amide bonds. The molecule has 0 bridgehead atoms. The zero-order valence-corrected chi connectivity index (χ0v) is 43.2. The van der Waals surface area contributed by atoms with Crippen LogP contribution in [0.1, 0.15) is 258 Å². The minimum atomic E-state index is -0.798. The van der Waals surface area contributed by atoms with Crippen LogP contribution < -0.4 is 0 Å². The smallest absolute Gasteiger partial charge is 0.306 e. The number of carbonyl (C=O) groups excluding carboxylic acids is 3. The SMILES string of the molecule is CC\C=C/C=C\C=C/C=C\CCCCCCCC(=O)OC(COC(=O)CCCCCCC/C=C\C=C/CCCCCCCCC)COC(=O)CCCCCCCCC/C=C\CCCCCC. The predicted molar refractivity (Wildman–Crippen MR) is 284 cm³/mol. The summed E-state index contributed by atoms with van der Waals surface area (Å²) in [7, 11) is 0. The third kappa shape index (κ3) is 51.6. The molecular weight excluding hydrogens is 817 g/mol. The lowest BCUT2D eigenvalue weighted by atomic mass is 10.1. The summed E-state index contributed by atoms with van der Waals surface area (Å²) in [4.78, 5) is 38.1. The van der Waals surface area contributed by atoms with Crippen LogP contribution in [0.15, 0.2) is 85.1 Å². The molecule has 66 heavy (non-hydrogen) atoms. The molecule has 1 atom stereocenters. The van der Waals surface area contributed by atoms with Gasteiger partial charge in [-0.1, -0.05) is 234 Å². The van der Waals surface area contributed by atoms with Crippen molar-refractivity contribution in [2.45, 2.75) is 264 Å². The van der Waals surface area contributed by atoms with Gasteiger partial charge >= 0.3 is 17.9 Å². The molecule has 0 aliphatic carbocycles. The van der Waals surface area contributed by atoms with E-state index >= 15 is 0 Å². The Morgan fingerprint density at radius 3 is 1.00 bits per heavy atom. The van der Waals surface area contributed by atoms with Crippen LogP contribution in [0.2, 0.25) is 0 Å². The largest absolute Gasteiger partial charge is 0.462 e. The van der Waals surface area contributed by atoms with Crippen molar-refractivity contribution in [2.75, 3.05) is 13.2 Å². The number of unbranched alkanes of at least 4 members (excludes halogenated alkanes) is 28. The molecule has 0 N–H and O–H groups in total. The lowest BCUT2D eigenvalue weighted by Gasteiger charge is -2.18. The zero-order chi connectivity index (χ0) is 47.9. The van der Waals surface area contributed by atoms with Crippen LogP contribution >= 0.6 is 0 Å². The van der Waals surface area contributed by atoms with E-state index in [-0.39, 0.29) is 31.1 Å². The van der Waals surface area contributed by atoms with E-state index < -0.39 is 6.10 Å². The molecule has 0 saturated heterocycles. The summed E-state index contributed by atoms with van der Waals surface area (Å²) in [6.07, 6.45) is 69.9. The Kier molecular flexibility index (Phi) is 51.4. The number of allylic oxidation sites excluding steroid dienone is 14. The molecule has 6 heteroatoms. The quantitative estimate of drug-likeness (QED) is 0.0199. The van der Waals surface area contributed by atoms with Gasteiger partial charge in [0.1, 0.15) is 13.2 Å². The summed E-state index contributed by atoms with van der Waals surface area (Å²) < 4.78 is 16.8. The highest BCUT2D eigenvalue weighted by molar-refractivity contribution is 5.71. The number of hydrogen-bond donors (Lipinski definition) is 0.